The fourth-order valence-electron chi connectivity index (χ4n) is 6.99. The fourth-order valence-corrected chi connectivity index (χ4v) is 6.99. The molecule has 1 amide bonds. The molecule has 4 fully saturated rings. The largest absolute Gasteiger partial charge is 0.353 e. The second-order valence-corrected chi connectivity index (χ2v) is 10.1. The lowest BCUT2D eigenvalue weighted by molar-refractivity contribution is -0.146. The molecule has 0 radical (unpaired) electrons. The van der Waals surface area contributed by atoms with Crippen molar-refractivity contribution < 1.29 is 4.79 Å². The maximum absolute atomic E-state index is 13.3. The van der Waals surface area contributed by atoms with E-state index in [2.05, 4.69) is 54.2 Å². The van der Waals surface area contributed by atoms with Crippen molar-refractivity contribution in [3.8, 4) is 0 Å². The number of aromatic nitrogens is 1. The standard InChI is InChI=1S/C25H34N2O/c1-3-27-16-21(22-6-4-5-7-23(22)27)9-8-17(2)26-24(28)25-13-18-10-19(14-25)12-20(11-18)15-25/h4-7,16-20H,3,8-15H2,1-2H3,(H,26,28). The summed E-state index contributed by atoms with van der Waals surface area (Å²) in [6, 6.07) is 8.93. The molecule has 0 saturated heterocycles. The summed E-state index contributed by atoms with van der Waals surface area (Å²) in [5.74, 6) is 2.85. The smallest absolute Gasteiger partial charge is 0.226 e. The van der Waals surface area contributed by atoms with Crippen LogP contribution >= 0.6 is 0 Å². The van der Waals surface area contributed by atoms with Gasteiger partial charge in [0.2, 0.25) is 5.91 Å². The molecule has 150 valence electrons. The van der Waals surface area contributed by atoms with Gasteiger partial charge in [0.15, 0.2) is 0 Å². The van der Waals surface area contributed by atoms with Crippen LogP contribution in [-0.4, -0.2) is 16.5 Å². The van der Waals surface area contributed by atoms with Gasteiger partial charge in [0.25, 0.3) is 0 Å². The molecule has 6 rings (SSSR count). The van der Waals surface area contributed by atoms with Crippen LogP contribution in [0, 0.1) is 23.2 Å². The van der Waals surface area contributed by atoms with Crippen LogP contribution in [0.4, 0.5) is 0 Å². The van der Waals surface area contributed by atoms with Crippen molar-refractivity contribution in [3.05, 3.63) is 36.0 Å². The average Bonchev–Trinajstić information content (AvgIpc) is 3.03. The van der Waals surface area contributed by atoms with Gasteiger partial charge in [0.1, 0.15) is 0 Å². The van der Waals surface area contributed by atoms with E-state index in [9.17, 15) is 4.79 Å². The third-order valence-corrected chi connectivity index (χ3v) is 7.96. The Morgan fingerprint density at radius 3 is 2.43 bits per heavy atom. The Morgan fingerprint density at radius 1 is 1.14 bits per heavy atom. The summed E-state index contributed by atoms with van der Waals surface area (Å²) in [6.07, 6.45) is 12.0. The van der Waals surface area contributed by atoms with Crippen LogP contribution in [0.15, 0.2) is 30.5 Å². The fraction of sp³-hybridized carbons (Fsp3) is 0.640. The highest BCUT2D eigenvalue weighted by molar-refractivity contribution is 5.84. The maximum Gasteiger partial charge on any atom is 0.226 e. The molecule has 4 aliphatic carbocycles. The zero-order chi connectivity index (χ0) is 19.3. The van der Waals surface area contributed by atoms with E-state index in [0.29, 0.717) is 5.91 Å². The molecular weight excluding hydrogens is 344 g/mol. The molecule has 4 saturated carbocycles. The summed E-state index contributed by atoms with van der Waals surface area (Å²) < 4.78 is 2.34. The Labute approximate surface area is 168 Å². The van der Waals surface area contributed by atoms with Crippen molar-refractivity contribution in [3.63, 3.8) is 0 Å². The Morgan fingerprint density at radius 2 is 1.79 bits per heavy atom. The molecule has 1 heterocycles. The summed E-state index contributed by atoms with van der Waals surface area (Å²) in [4.78, 5) is 13.3. The van der Waals surface area contributed by atoms with Crippen molar-refractivity contribution in [1.82, 2.24) is 9.88 Å². The lowest BCUT2D eigenvalue weighted by Crippen LogP contribution is -2.54. The molecule has 2 aromatic rings. The molecular formula is C25H34N2O. The molecule has 1 aromatic carbocycles. The van der Waals surface area contributed by atoms with Gasteiger partial charge in [-0.05, 0) is 94.6 Å². The number of nitrogens with one attached hydrogen (secondary N) is 1. The number of nitrogens with zero attached hydrogens (tertiary/aromatic N) is 1. The molecule has 3 nitrogen and oxygen atoms in total. The van der Waals surface area contributed by atoms with Crippen molar-refractivity contribution in [2.75, 3.05) is 0 Å². The molecule has 1 aromatic heterocycles. The molecule has 1 unspecified atom stereocenters. The number of carbonyl (C=O) groups is 1. The van der Waals surface area contributed by atoms with E-state index in [0.717, 1.165) is 56.4 Å². The first-order chi connectivity index (χ1) is 13.6. The first kappa shape index (κ1) is 18.3. The molecule has 4 bridgehead atoms. The summed E-state index contributed by atoms with van der Waals surface area (Å²) in [6.45, 7) is 5.39. The van der Waals surface area contributed by atoms with Gasteiger partial charge in [0, 0.05) is 35.1 Å². The lowest BCUT2D eigenvalue weighted by Gasteiger charge is -2.55. The van der Waals surface area contributed by atoms with Gasteiger partial charge in [-0.1, -0.05) is 18.2 Å². The average molecular weight is 379 g/mol. The molecule has 0 spiro atoms. The molecule has 1 N–H and O–H groups in total. The minimum Gasteiger partial charge on any atom is -0.353 e. The van der Waals surface area contributed by atoms with Crippen molar-refractivity contribution in [2.45, 2.75) is 77.8 Å². The molecule has 0 aliphatic heterocycles. The number of rotatable bonds is 6. The third kappa shape index (κ3) is 3.07. The Kier molecular flexibility index (Phi) is 4.52. The van der Waals surface area contributed by atoms with Crippen molar-refractivity contribution in [2.24, 2.45) is 23.2 Å². The van der Waals surface area contributed by atoms with Crippen LogP contribution in [0.25, 0.3) is 10.9 Å². The number of hydrogen-bond acceptors (Lipinski definition) is 1. The minimum absolute atomic E-state index is 0.0265. The SMILES string of the molecule is CCn1cc(CCC(C)NC(=O)C23CC4CC(CC(C4)C2)C3)c2ccccc21. The highest BCUT2D eigenvalue weighted by atomic mass is 16.2. The Hall–Kier alpha value is -1.77. The number of amides is 1. The highest BCUT2D eigenvalue weighted by Crippen LogP contribution is 2.60. The van der Waals surface area contributed by atoms with E-state index < -0.39 is 0 Å². The van der Waals surface area contributed by atoms with Crippen LogP contribution in [0.2, 0.25) is 0 Å². The normalized spacial score (nSPS) is 32.0. The van der Waals surface area contributed by atoms with Crippen LogP contribution in [-0.2, 0) is 17.8 Å². The monoisotopic (exact) mass is 378 g/mol. The summed E-state index contributed by atoms with van der Waals surface area (Å²) in [7, 11) is 0. The van der Waals surface area contributed by atoms with Gasteiger partial charge < -0.3 is 9.88 Å². The summed E-state index contributed by atoms with van der Waals surface area (Å²) in [5.41, 5.74) is 2.71. The first-order valence-corrected chi connectivity index (χ1v) is 11.4. The predicted octanol–water partition coefficient (Wildman–Crippen LogP) is 5.31. The van der Waals surface area contributed by atoms with Gasteiger partial charge >= 0.3 is 0 Å². The van der Waals surface area contributed by atoms with Gasteiger partial charge in [-0.25, -0.2) is 0 Å². The van der Waals surface area contributed by atoms with Gasteiger partial charge in [-0.15, -0.1) is 0 Å². The van der Waals surface area contributed by atoms with Crippen LogP contribution in [0.5, 0.6) is 0 Å². The zero-order valence-corrected chi connectivity index (χ0v) is 17.4. The van der Waals surface area contributed by atoms with E-state index in [1.807, 2.05) is 0 Å². The minimum atomic E-state index is -0.0265. The number of para-hydroxylation sites is 1. The molecule has 3 heteroatoms. The van der Waals surface area contributed by atoms with Crippen LogP contribution < -0.4 is 5.32 Å². The molecule has 28 heavy (non-hydrogen) atoms. The summed E-state index contributed by atoms with van der Waals surface area (Å²) in [5, 5.41) is 4.80. The van der Waals surface area contributed by atoms with E-state index in [1.54, 1.807) is 0 Å². The first-order valence-electron chi connectivity index (χ1n) is 11.4. The zero-order valence-electron chi connectivity index (χ0n) is 17.4. The topological polar surface area (TPSA) is 34.0 Å². The second kappa shape index (κ2) is 6.93. The number of benzene rings is 1. The van der Waals surface area contributed by atoms with Gasteiger partial charge in [0.05, 0.1) is 0 Å². The lowest BCUT2D eigenvalue weighted by atomic mass is 9.49. The Bertz CT molecular complexity index is 845. The predicted molar refractivity (Wildman–Crippen MR) is 114 cm³/mol. The Balaban J connectivity index is 1.24. The number of fused-ring (bicyclic) bond motifs is 1. The van der Waals surface area contributed by atoms with E-state index in [4.69, 9.17) is 0 Å². The molecule has 1 atom stereocenters. The van der Waals surface area contributed by atoms with Crippen molar-refractivity contribution in [1.29, 1.82) is 0 Å². The molecule has 4 aliphatic rings. The maximum atomic E-state index is 13.3. The third-order valence-electron chi connectivity index (χ3n) is 7.96. The van der Waals surface area contributed by atoms with Gasteiger partial charge in [-0.3, -0.25) is 4.79 Å². The number of carbonyl (C=O) groups excluding carboxylic acids is 1. The van der Waals surface area contributed by atoms with Crippen LogP contribution in [0.1, 0.15) is 64.4 Å². The van der Waals surface area contributed by atoms with Crippen molar-refractivity contribution >= 4 is 16.8 Å². The van der Waals surface area contributed by atoms with E-state index in [1.165, 1.54) is 35.7 Å². The number of aryl methyl sites for hydroxylation is 2. The van der Waals surface area contributed by atoms with E-state index >= 15 is 0 Å². The van der Waals surface area contributed by atoms with E-state index in [-0.39, 0.29) is 11.5 Å². The summed E-state index contributed by atoms with van der Waals surface area (Å²) >= 11 is 0. The highest BCUT2D eigenvalue weighted by Gasteiger charge is 2.54. The second-order valence-electron chi connectivity index (χ2n) is 10.1. The number of hydrogen-bond donors (Lipinski definition) is 1. The quantitative estimate of drug-likeness (QED) is 0.726. The van der Waals surface area contributed by atoms with Crippen LogP contribution in [0.3, 0.4) is 0 Å². The van der Waals surface area contributed by atoms with Gasteiger partial charge in [-0.2, -0.15) is 0 Å².